The molecule has 0 aromatic heterocycles. The first kappa shape index (κ1) is 18.7. The number of hydrogen-bond donors (Lipinski definition) is 1. The Bertz CT molecular complexity index is 274. The summed E-state index contributed by atoms with van der Waals surface area (Å²) in [6.45, 7) is 16.0. The average molecular weight is 283 g/mol. The second kappa shape index (κ2) is 8.82. The monoisotopic (exact) mass is 282 g/mol. The van der Waals surface area contributed by atoms with Gasteiger partial charge in [0.15, 0.2) is 0 Å². The van der Waals surface area contributed by atoms with E-state index in [0.29, 0.717) is 16.6 Å². The largest absolute Gasteiger partial charge is 0.380 e. The van der Waals surface area contributed by atoms with E-state index in [9.17, 15) is 5.11 Å². The van der Waals surface area contributed by atoms with Gasteiger partial charge in [-0.1, -0.05) is 67.2 Å². The SMILES string of the molecule is CCCCCC(O)C#C[Si](C(C)C)(C(C)C)C(C)C. The van der Waals surface area contributed by atoms with Crippen molar-refractivity contribution in [2.75, 3.05) is 0 Å². The zero-order valence-electron chi connectivity index (χ0n) is 14.1. The molecular formula is C17H34OSi. The van der Waals surface area contributed by atoms with Gasteiger partial charge in [0.05, 0.1) is 0 Å². The van der Waals surface area contributed by atoms with E-state index in [1.807, 2.05) is 0 Å². The molecule has 1 N–H and O–H groups in total. The molecule has 0 radical (unpaired) electrons. The Labute approximate surface area is 122 Å². The van der Waals surface area contributed by atoms with E-state index in [1.165, 1.54) is 12.8 Å². The lowest BCUT2D eigenvalue weighted by atomic mass is 10.1. The molecule has 0 saturated heterocycles. The van der Waals surface area contributed by atoms with Gasteiger partial charge >= 0.3 is 0 Å². The fourth-order valence-corrected chi connectivity index (χ4v) is 8.58. The Morgan fingerprint density at radius 2 is 1.37 bits per heavy atom. The molecule has 0 heterocycles. The molecule has 1 atom stereocenters. The highest BCUT2D eigenvalue weighted by Crippen LogP contribution is 2.40. The molecule has 1 nitrogen and oxygen atoms in total. The van der Waals surface area contributed by atoms with E-state index in [1.54, 1.807) is 0 Å². The maximum Gasteiger partial charge on any atom is 0.146 e. The predicted molar refractivity (Wildman–Crippen MR) is 89.0 cm³/mol. The van der Waals surface area contributed by atoms with Crippen LogP contribution in [-0.4, -0.2) is 19.3 Å². The zero-order valence-corrected chi connectivity index (χ0v) is 15.1. The molecule has 19 heavy (non-hydrogen) atoms. The van der Waals surface area contributed by atoms with Gasteiger partial charge in [0.2, 0.25) is 0 Å². The topological polar surface area (TPSA) is 20.2 Å². The number of hydrogen-bond acceptors (Lipinski definition) is 1. The minimum atomic E-state index is -1.66. The van der Waals surface area contributed by atoms with Crippen molar-refractivity contribution in [2.24, 2.45) is 0 Å². The minimum absolute atomic E-state index is 0.422. The van der Waals surface area contributed by atoms with Gasteiger partial charge in [-0.2, -0.15) is 0 Å². The predicted octanol–water partition coefficient (Wildman–Crippen LogP) is 5.15. The van der Waals surface area contributed by atoms with Crippen LogP contribution in [0, 0.1) is 11.5 Å². The van der Waals surface area contributed by atoms with Gasteiger partial charge in [-0.05, 0) is 29.5 Å². The van der Waals surface area contributed by atoms with Crippen molar-refractivity contribution in [1.82, 2.24) is 0 Å². The van der Waals surface area contributed by atoms with Crippen molar-refractivity contribution in [1.29, 1.82) is 0 Å². The van der Waals surface area contributed by atoms with E-state index in [2.05, 4.69) is 59.9 Å². The lowest BCUT2D eigenvalue weighted by molar-refractivity contribution is 0.217. The molecule has 0 aromatic carbocycles. The maximum absolute atomic E-state index is 10.0. The lowest BCUT2D eigenvalue weighted by Crippen LogP contribution is -2.43. The van der Waals surface area contributed by atoms with E-state index >= 15 is 0 Å². The van der Waals surface area contributed by atoms with Gasteiger partial charge in [-0.15, -0.1) is 5.54 Å². The van der Waals surface area contributed by atoms with Crippen LogP contribution in [0.2, 0.25) is 16.6 Å². The van der Waals surface area contributed by atoms with Gasteiger partial charge in [0, 0.05) is 0 Å². The van der Waals surface area contributed by atoms with Crippen molar-refractivity contribution in [3.8, 4) is 11.5 Å². The molecule has 112 valence electrons. The maximum atomic E-state index is 10.0. The summed E-state index contributed by atoms with van der Waals surface area (Å²) in [7, 11) is -1.66. The molecule has 0 spiro atoms. The van der Waals surface area contributed by atoms with Gasteiger partial charge in [-0.3, -0.25) is 0 Å². The smallest absolute Gasteiger partial charge is 0.146 e. The molecule has 0 aliphatic heterocycles. The first-order chi connectivity index (χ1) is 8.78. The summed E-state index contributed by atoms with van der Waals surface area (Å²) in [4.78, 5) is 0. The van der Waals surface area contributed by atoms with Gasteiger partial charge in [0.1, 0.15) is 14.2 Å². The standard InChI is InChI=1S/C17H34OSi/c1-8-9-10-11-17(18)12-13-19(14(2)3,15(4)5)16(6)7/h14-18H,8-11H2,1-7H3. The Morgan fingerprint density at radius 3 is 1.74 bits per heavy atom. The van der Waals surface area contributed by atoms with Crippen LogP contribution in [0.5, 0.6) is 0 Å². The normalized spacial score (nSPS) is 13.8. The number of unbranched alkanes of at least 4 members (excludes halogenated alkanes) is 2. The Morgan fingerprint density at radius 1 is 0.895 bits per heavy atom. The van der Waals surface area contributed by atoms with Crippen LogP contribution in [0.1, 0.15) is 74.1 Å². The zero-order chi connectivity index (χ0) is 15.1. The van der Waals surface area contributed by atoms with E-state index in [4.69, 9.17) is 0 Å². The molecule has 0 bridgehead atoms. The summed E-state index contributed by atoms with van der Waals surface area (Å²) in [6.07, 6.45) is 3.89. The molecule has 0 rings (SSSR count). The highest BCUT2D eigenvalue weighted by Gasteiger charge is 2.41. The van der Waals surface area contributed by atoms with Crippen molar-refractivity contribution >= 4 is 8.07 Å². The quantitative estimate of drug-likeness (QED) is 0.389. The molecule has 0 aliphatic rings. The van der Waals surface area contributed by atoms with Crippen molar-refractivity contribution in [2.45, 2.75) is 96.9 Å². The Balaban J connectivity index is 4.93. The highest BCUT2D eigenvalue weighted by atomic mass is 28.3. The summed E-state index contributed by atoms with van der Waals surface area (Å²) in [5.41, 5.74) is 5.52. The number of rotatable bonds is 7. The van der Waals surface area contributed by atoms with Crippen molar-refractivity contribution in [3.05, 3.63) is 0 Å². The molecule has 1 unspecified atom stereocenters. The van der Waals surface area contributed by atoms with Crippen LogP contribution >= 0.6 is 0 Å². The fraction of sp³-hybridized carbons (Fsp3) is 0.882. The van der Waals surface area contributed by atoms with E-state index in [-0.39, 0.29) is 0 Å². The first-order valence-corrected chi connectivity index (χ1v) is 10.2. The van der Waals surface area contributed by atoms with Crippen molar-refractivity contribution in [3.63, 3.8) is 0 Å². The second-order valence-corrected chi connectivity index (χ2v) is 12.3. The first-order valence-electron chi connectivity index (χ1n) is 7.99. The highest BCUT2D eigenvalue weighted by molar-refractivity contribution is 6.90. The number of aliphatic hydroxyl groups is 1. The Kier molecular flexibility index (Phi) is 8.70. The summed E-state index contributed by atoms with van der Waals surface area (Å²) in [5, 5.41) is 10.0. The lowest BCUT2D eigenvalue weighted by Gasteiger charge is -2.38. The molecule has 2 heteroatoms. The third-order valence-corrected chi connectivity index (χ3v) is 10.7. The number of aliphatic hydroxyl groups excluding tert-OH is 1. The molecule has 0 aromatic rings. The molecular weight excluding hydrogens is 248 g/mol. The van der Waals surface area contributed by atoms with Crippen LogP contribution in [0.25, 0.3) is 0 Å². The average Bonchev–Trinajstić information content (AvgIpc) is 2.28. The fourth-order valence-electron chi connectivity index (χ4n) is 3.30. The van der Waals surface area contributed by atoms with Crippen LogP contribution < -0.4 is 0 Å². The molecule has 0 fully saturated rings. The third kappa shape index (κ3) is 5.32. The molecule has 0 amide bonds. The summed E-state index contributed by atoms with van der Waals surface area (Å²) in [5.74, 6) is 3.19. The minimum Gasteiger partial charge on any atom is -0.380 e. The van der Waals surface area contributed by atoms with Crippen LogP contribution in [0.4, 0.5) is 0 Å². The van der Waals surface area contributed by atoms with Crippen LogP contribution in [0.15, 0.2) is 0 Å². The van der Waals surface area contributed by atoms with Crippen LogP contribution in [-0.2, 0) is 0 Å². The summed E-state index contributed by atoms with van der Waals surface area (Å²) in [6, 6.07) is 0. The summed E-state index contributed by atoms with van der Waals surface area (Å²) < 4.78 is 0. The van der Waals surface area contributed by atoms with E-state index < -0.39 is 14.2 Å². The summed E-state index contributed by atoms with van der Waals surface area (Å²) >= 11 is 0. The van der Waals surface area contributed by atoms with Gasteiger partial charge in [0.25, 0.3) is 0 Å². The second-order valence-electron chi connectivity index (χ2n) is 6.68. The molecule has 0 aliphatic carbocycles. The third-order valence-electron chi connectivity index (χ3n) is 4.40. The Hall–Kier alpha value is -0.263. The van der Waals surface area contributed by atoms with E-state index in [0.717, 1.165) is 12.8 Å². The van der Waals surface area contributed by atoms with Crippen molar-refractivity contribution < 1.29 is 5.11 Å². The van der Waals surface area contributed by atoms with Crippen LogP contribution in [0.3, 0.4) is 0 Å². The van der Waals surface area contributed by atoms with Gasteiger partial charge < -0.3 is 5.11 Å². The molecule has 0 saturated carbocycles. The van der Waals surface area contributed by atoms with Gasteiger partial charge in [-0.25, -0.2) is 0 Å².